The molecule has 0 radical (unpaired) electrons. The van der Waals surface area contributed by atoms with Crippen molar-refractivity contribution in [3.05, 3.63) is 23.2 Å². The molecule has 0 aromatic heterocycles. The Labute approximate surface area is 136 Å². The highest BCUT2D eigenvalue weighted by molar-refractivity contribution is 6.22. The number of carbonyl (C=O) groups excluding carboxylic acids is 2. The molecular formula is C16H25N5O2. The third-order valence-electron chi connectivity index (χ3n) is 4.11. The number of nitrogens with two attached hydrogens (primary N) is 2. The van der Waals surface area contributed by atoms with Gasteiger partial charge in [0.15, 0.2) is 0 Å². The molecule has 7 heteroatoms. The summed E-state index contributed by atoms with van der Waals surface area (Å²) in [5.41, 5.74) is 12.2. The Kier molecular flexibility index (Phi) is 4.41. The Hall–Kier alpha value is -1.86. The molecule has 0 unspecified atom stereocenters. The predicted octanol–water partition coefficient (Wildman–Crippen LogP) is -0.789. The van der Waals surface area contributed by atoms with Crippen LogP contribution in [0.5, 0.6) is 0 Å². The van der Waals surface area contributed by atoms with Crippen molar-refractivity contribution in [2.24, 2.45) is 11.5 Å². The van der Waals surface area contributed by atoms with Crippen molar-refractivity contribution < 1.29 is 9.59 Å². The molecule has 3 saturated heterocycles. The zero-order valence-corrected chi connectivity index (χ0v) is 13.6. The van der Waals surface area contributed by atoms with E-state index < -0.39 is 0 Å². The van der Waals surface area contributed by atoms with Gasteiger partial charge in [-0.3, -0.25) is 9.59 Å². The van der Waals surface area contributed by atoms with Gasteiger partial charge in [-0.25, -0.2) is 0 Å². The fraction of sp³-hybridized carbons (Fsp3) is 0.625. The lowest BCUT2D eigenvalue weighted by molar-refractivity contribution is -0.117. The highest BCUT2D eigenvalue weighted by Crippen LogP contribution is 2.33. The summed E-state index contributed by atoms with van der Waals surface area (Å²) in [6.45, 7) is 7.47. The molecule has 0 spiro atoms. The van der Waals surface area contributed by atoms with E-state index in [-0.39, 0.29) is 17.7 Å². The molecule has 0 bridgehead atoms. The molecule has 3 fully saturated rings. The number of hydrogen-bond acceptors (Lipinski definition) is 7. The number of carbonyl (C=O) groups is 2. The van der Waals surface area contributed by atoms with Crippen LogP contribution in [-0.4, -0.2) is 71.7 Å². The van der Waals surface area contributed by atoms with E-state index in [1.807, 2.05) is 14.7 Å². The fourth-order valence-electron chi connectivity index (χ4n) is 2.61. The van der Waals surface area contributed by atoms with Gasteiger partial charge in [0.1, 0.15) is 11.4 Å². The normalized spacial score (nSPS) is 22.3. The van der Waals surface area contributed by atoms with Crippen LogP contribution in [0.25, 0.3) is 0 Å². The first-order valence-corrected chi connectivity index (χ1v) is 8.34. The molecule has 3 aliphatic heterocycles. The van der Waals surface area contributed by atoms with Gasteiger partial charge in [0.2, 0.25) is 11.6 Å². The number of rotatable bonds is 5. The van der Waals surface area contributed by atoms with Crippen molar-refractivity contribution in [2.75, 3.05) is 39.3 Å². The summed E-state index contributed by atoms with van der Waals surface area (Å²) in [4.78, 5) is 30.5. The van der Waals surface area contributed by atoms with Crippen LogP contribution >= 0.6 is 0 Å². The molecule has 126 valence electrons. The maximum atomic E-state index is 12.4. The highest BCUT2D eigenvalue weighted by Gasteiger charge is 2.43. The first-order chi connectivity index (χ1) is 11.0. The van der Waals surface area contributed by atoms with Gasteiger partial charge in [-0.05, 0) is 6.42 Å². The van der Waals surface area contributed by atoms with Gasteiger partial charge in [0.25, 0.3) is 0 Å². The monoisotopic (exact) mass is 319 g/mol. The van der Waals surface area contributed by atoms with Crippen molar-refractivity contribution in [1.82, 2.24) is 14.7 Å². The molecule has 1 aliphatic carbocycles. The number of nitrogens with zero attached hydrogens (tertiary/aromatic N) is 3. The van der Waals surface area contributed by atoms with Crippen molar-refractivity contribution in [3.8, 4) is 0 Å². The van der Waals surface area contributed by atoms with Gasteiger partial charge in [0.05, 0.1) is 11.9 Å². The smallest absolute Gasteiger partial charge is 0.227 e. The minimum atomic E-state index is -0.102. The molecule has 7 nitrogen and oxygen atoms in total. The number of hydrogen-bond donors (Lipinski definition) is 2. The van der Waals surface area contributed by atoms with E-state index >= 15 is 0 Å². The first kappa shape index (κ1) is 16.0. The van der Waals surface area contributed by atoms with E-state index in [4.69, 9.17) is 11.5 Å². The molecule has 0 saturated carbocycles. The Morgan fingerprint density at radius 1 is 0.957 bits per heavy atom. The minimum absolute atomic E-state index is 0.00546. The van der Waals surface area contributed by atoms with E-state index in [1.54, 1.807) is 0 Å². The third-order valence-corrected chi connectivity index (χ3v) is 4.11. The van der Waals surface area contributed by atoms with E-state index in [0.717, 1.165) is 52.1 Å². The Bertz CT molecular complexity index is 569. The summed E-state index contributed by atoms with van der Waals surface area (Å²) in [5.74, 6) is 0.0485. The molecule has 0 amide bonds. The molecule has 4 aliphatic rings. The number of ketones is 2. The summed E-state index contributed by atoms with van der Waals surface area (Å²) >= 11 is 0. The van der Waals surface area contributed by atoms with Crippen LogP contribution in [0.3, 0.4) is 0 Å². The van der Waals surface area contributed by atoms with E-state index in [1.165, 1.54) is 6.08 Å². The molecule has 0 aromatic rings. The summed E-state index contributed by atoms with van der Waals surface area (Å²) < 4.78 is 0. The van der Waals surface area contributed by atoms with E-state index in [9.17, 15) is 9.59 Å². The van der Waals surface area contributed by atoms with Crippen LogP contribution in [0, 0.1) is 0 Å². The fourth-order valence-corrected chi connectivity index (χ4v) is 2.61. The molecule has 4 N–H and O–H groups in total. The summed E-state index contributed by atoms with van der Waals surface area (Å²) in [5, 5.41) is 0. The average Bonchev–Trinajstić information content (AvgIpc) is 3.37. The maximum absolute atomic E-state index is 12.4. The van der Waals surface area contributed by atoms with Crippen molar-refractivity contribution in [1.29, 1.82) is 0 Å². The summed E-state index contributed by atoms with van der Waals surface area (Å²) in [6, 6.07) is 0. The SMILES string of the molecule is CCCC(N)N.O=C1C=C(N2CC2)C(=O)C(N2CC2)=C1N1CC1. The predicted molar refractivity (Wildman–Crippen MR) is 86.9 cm³/mol. The molecule has 3 heterocycles. The van der Waals surface area contributed by atoms with Gasteiger partial charge in [-0.1, -0.05) is 13.3 Å². The van der Waals surface area contributed by atoms with E-state index in [0.29, 0.717) is 17.1 Å². The van der Waals surface area contributed by atoms with Crippen molar-refractivity contribution >= 4 is 11.6 Å². The van der Waals surface area contributed by atoms with E-state index in [2.05, 4.69) is 6.92 Å². The largest absolute Gasteiger partial charge is 0.365 e. The van der Waals surface area contributed by atoms with Crippen LogP contribution in [0.1, 0.15) is 19.8 Å². The second-order valence-electron chi connectivity index (χ2n) is 6.33. The van der Waals surface area contributed by atoms with Crippen molar-refractivity contribution in [3.63, 3.8) is 0 Å². The molecule has 0 atom stereocenters. The molecule has 23 heavy (non-hydrogen) atoms. The Balaban J connectivity index is 0.000000227. The van der Waals surface area contributed by atoms with Crippen molar-refractivity contribution in [2.45, 2.75) is 25.9 Å². The van der Waals surface area contributed by atoms with Gasteiger partial charge in [-0.15, -0.1) is 0 Å². The standard InChI is InChI=1S/C12H13N3O2.C4H12N2/c16-9-7-8(13-1-2-13)12(17)11(15-5-6-15)10(9)14-3-4-14;1-2-3-4(5)6/h7H,1-6H2;4H,2-3,5-6H2,1H3. The van der Waals surface area contributed by atoms with Gasteiger partial charge < -0.3 is 26.2 Å². The van der Waals surface area contributed by atoms with Crippen LogP contribution in [0.2, 0.25) is 0 Å². The Morgan fingerprint density at radius 2 is 1.48 bits per heavy atom. The van der Waals surface area contributed by atoms with Gasteiger partial charge >= 0.3 is 0 Å². The summed E-state index contributed by atoms with van der Waals surface area (Å²) in [7, 11) is 0. The quantitative estimate of drug-likeness (QED) is 0.389. The molecular weight excluding hydrogens is 294 g/mol. The minimum Gasteiger partial charge on any atom is -0.365 e. The highest BCUT2D eigenvalue weighted by atomic mass is 16.1. The average molecular weight is 319 g/mol. The third kappa shape index (κ3) is 3.73. The lowest BCUT2D eigenvalue weighted by Gasteiger charge is -2.21. The second kappa shape index (κ2) is 6.33. The second-order valence-corrected chi connectivity index (χ2v) is 6.33. The van der Waals surface area contributed by atoms with Crippen LogP contribution < -0.4 is 11.5 Å². The zero-order chi connectivity index (χ0) is 16.6. The lowest BCUT2D eigenvalue weighted by Crippen LogP contribution is -2.29. The first-order valence-electron chi connectivity index (χ1n) is 8.34. The van der Waals surface area contributed by atoms with Gasteiger partial charge in [-0.2, -0.15) is 0 Å². The zero-order valence-electron chi connectivity index (χ0n) is 13.6. The van der Waals surface area contributed by atoms with Crippen LogP contribution in [0.4, 0.5) is 0 Å². The summed E-state index contributed by atoms with van der Waals surface area (Å²) in [6.07, 6.45) is 3.43. The maximum Gasteiger partial charge on any atom is 0.227 e. The molecule has 4 rings (SSSR count). The van der Waals surface area contributed by atoms with Crippen LogP contribution in [-0.2, 0) is 9.59 Å². The Morgan fingerprint density at radius 3 is 1.87 bits per heavy atom. The molecule has 0 aromatic carbocycles. The lowest BCUT2D eigenvalue weighted by atomic mass is 10.0. The number of allylic oxidation sites excluding steroid dienone is 1. The van der Waals surface area contributed by atoms with Crippen LogP contribution in [0.15, 0.2) is 23.2 Å². The topological polar surface area (TPSA) is 95.2 Å². The number of Topliss-reactive ketones (excluding diaryl/α,β-unsaturated/α-hetero) is 1. The van der Waals surface area contributed by atoms with Gasteiger partial charge in [0, 0.05) is 45.3 Å².